The molecule has 0 radical (unpaired) electrons. The van der Waals surface area contributed by atoms with Crippen LogP contribution in [0.25, 0.3) is 10.9 Å². The van der Waals surface area contributed by atoms with Gasteiger partial charge in [-0.25, -0.2) is 0 Å². The molecule has 6 heteroatoms. The summed E-state index contributed by atoms with van der Waals surface area (Å²) in [5.74, 6) is 0.0650. The molecular weight excluding hydrogens is 326 g/mol. The quantitative estimate of drug-likeness (QED) is 0.877. The number of fused-ring (bicyclic) bond motifs is 1. The number of nitrogens with zero attached hydrogens (tertiary/aromatic N) is 2. The van der Waals surface area contributed by atoms with Gasteiger partial charge >= 0.3 is 0 Å². The van der Waals surface area contributed by atoms with Gasteiger partial charge < -0.3 is 15.0 Å². The Kier molecular flexibility index (Phi) is 4.24. The molecule has 5 nitrogen and oxygen atoms in total. The van der Waals surface area contributed by atoms with Crippen LogP contribution in [-0.4, -0.2) is 64.1 Å². The summed E-state index contributed by atoms with van der Waals surface area (Å²) in [5, 5.41) is 11.6. The number of carbonyl (C=O) groups excluding carboxylic acids is 1. The van der Waals surface area contributed by atoms with Crippen molar-refractivity contribution in [2.75, 3.05) is 26.2 Å². The van der Waals surface area contributed by atoms with E-state index in [2.05, 4.69) is 9.88 Å². The maximum Gasteiger partial charge on any atom is 0.256 e. The minimum Gasteiger partial charge on any atom is -0.391 e. The van der Waals surface area contributed by atoms with Crippen molar-refractivity contribution >= 4 is 28.4 Å². The Balaban J connectivity index is 1.46. The predicted molar refractivity (Wildman–Crippen MR) is 94.4 cm³/mol. The zero-order valence-corrected chi connectivity index (χ0v) is 14.3. The highest BCUT2D eigenvalue weighted by Gasteiger charge is 2.33. The summed E-state index contributed by atoms with van der Waals surface area (Å²) in [6.07, 6.45) is 4.64. The highest BCUT2D eigenvalue weighted by Crippen LogP contribution is 2.26. The molecule has 128 valence electrons. The minimum absolute atomic E-state index is 0.0650. The van der Waals surface area contributed by atoms with Gasteiger partial charge in [0.1, 0.15) is 0 Å². The average Bonchev–Trinajstić information content (AvgIpc) is 3.20. The Hall–Kier alpha value is -1.56. The van der Waals surface area contributed by atoms with Crippen LogP contribution in [0, 0.1) is 0 Å². The number of aromatic nitrogens is 1. The maximum atomic E-state index is 12.9. The van der Waals surface area contributed by atoms with E-state index in [1.54, 1.807) is 6.20 Å². The van der Waals surface area contributed by atoms with Crippen LogP contribution in [0.2, 0.25) is 5.02 Å². The largest absolute Gasteiger partial charge is 0.391 e. The van der Waals surface area contributed by atoms with Crippen molar-refractivity contribution in [2.24, 2.45) is 0 Å². The molecule has 0 spiro atoms. The monoisotopic (exact) mass is 347 g/mol. The molecule has 1 aromatic carbocycles. The predicted octanol–water partition coefficient (Wildman–Crippen LogP) is 2.49. The molecule has 1 saturated carbocycles. The molecule has 0 bridgehead atoms. The van der Waals surface area contributed by atoms with E-state index < -0.39 is 0 Å². The first-order valence-corrected chi connectivity index (χ1v) is 8.99. The Morgan fingerprint density at radius 1 is 1.21 bits per heavy atom. The number of hydrogen-bond acceptors (Lipinski definition) is 3. The van der Waals surface area contributed by atoms with Gasteiger partial charge in [-0.3, -0.25) is 9.69 Å². The van der Waals surface area contributed by atoms with E-state index in [9.17, 15) is 9.90 Å². The molecule has 2 fully saturated rings. The van der Waals surface area contributed by atoms with Crippen LogP contribution in [0.3, 0.4) is 0 Å². The van der Waals surface area contributed by atoms with Gasteiger partial charge in [0.2, 0.25) is 0 Å². The molecule has 24 heavy (non-hydrogen) atoms. The average molecular weight is 348 g/mol. The number of aromatic amines is 1. The van der Waals surface area contributed by atoms with Gasteiger partial charge in [0, 0.05) is 54.3 Å². The van der Waals surface area contributed by atoms with E-state index >= 15 is 0 Å². The summed E-state index contributed by atoms with van der Waals surface area (Å²) in [6.45, 7) is 3.09. The molecule has 1 amide bonds. The molecule has 2 aliphatic rings. The van der Waals surface area contributed by atoms with Gasteiger partial charge in [-0.15, -0.1) is 0 Å². The number of hydrogen-bond donors (Lipinski definition) is 2. The van der Waals surface area contributed by atoms with E-state index in [0.29, 0.717) is 23.7 Å². The molecule has 2 aromatic rings. The van der Waals surface area contributed by atoms with E-state index in [-0.39, 0.29) is 18.1 Å². The third-order valence-electron chi connectivity index (χ3n) is 5.39. The third kappa shape index (κ3) is 2.81. The second-order valence-electron chi connectivity index (χ2n) is 6.79. The number of aliphatic hydroxyl groups is 1. The van der Waals surface area contributed by atoms with Crippen molar-refractivity contribution in [3.63, 3.8) is 0 Å². The van der Waals surface area contributed by atoms with Gasteiger partial charge in [0.05, 0.1) is 11.7 Å². The molecule has 4 rings (SSSR count). The number of benzene rings is 1. The summed E-state index contributed by atoms with van der Waals surface area (Å²) in [7, 11) is 0. The number of aliphatic hydroxyl groups excluding tert-OH is 1. The van der Waals surface area contributed by atoms with Crippen LogP contribution in [-0.2, 0) is 0 Å². The van der Waals surface area contributed by atoms with Crippen molar-refractivity contribution in [1.29, 1.82) is 0 Å². The van der Waals surface area contributed by atoms with Gasteiger partial charge in [0.15, 0.2) is 0 Å². The lowest BCUT2D eigenvalue weighted by molar-refractivity contribution is 0.0316. The second kappa shape index (κ2) is 6.39. The second-order valence-corrected chi connectivity index (χ2v) is 7.22. The van der Waals surface area contributed by atoms with Crippen molar-refractivity contribution in [2.45, 2.75) is 31.4 Å². The number of H-pyrrole nitrogens is 1. The first-order chi connectivity index (χ1) is 11.6. The topological polar surface area (TPSA) is 59.6 Å². The number of piperazine rings is 1. The molecule has 2 atom stereocenters. The summed E-state index contributed by atoms with van der Waals surface area (Å²) >= 11 is 6.00. The van der Waals surface area contributed by atoms with Crippen LogP contribution < -0.4 is 0 Å². The van der Waals surface area contributed by atoms with Gasteiger partial charge in [-0.2, -0.15) is 0 Å². The van der Waals surface area contributed by atoms with Crippen LogP contribution in [0.15, 0.2) is 24.4 Å². The standard InChI is InChI=1S/C18H22ClN3O2/c19-12-4-5-13-14(11-20-15(13)10-12)18(24)22-8-6-21(7-9-22)16-2-1-3-17(16)23/h4-5,10-11,16-17,20,23H,1-3,6-9H2. The fraction of sp³-hybridized carbons (Fsp3) is 0.500. The SMILES string of the molecule is O=C(c1c[nH]c2cc(Cl)ccc12)N1CCN(C2CCCC2O)CC1. The van der Waals surface area contributed by atoms with E-state index in [0.717, 1.165) is 43.3 Å². The van der Waals surface area contributed by atoms with E-state index in [4.69, 9.17) is 11.6 Å². The Bertz CT molecular complexity index is 752. The summed E-state index contributed by atoms with van der Waals surface area (Å²) in [4.78, 5) is 20.2. The molecule has 2 heterocycles. The lowest BCUT2D eigenvalue weighted by atomic mass is 10.1. The molecule has 2 unspecified atom stereocenters. The van der Waals surface area contributed by atoms with E-state index in [1.807, 2.05) is 23.1 Å². The van der Waals surface area contributed by atoms with Crippen molar-refractivity contribution < 1.29 is 9.90 Å². The van der Waals surface area contributed by atoms with Gasteiger partial charge in [-0.05, 0) is 31.4 Å². The summed E-state index contributed by atoms with van der Waals surface area (Å²) < 4.78 is 0. The lowest BCUT2D eigenvalue weighted by Crippen LogP contribution is -2.53. The van der Waals surface area contributed by atoms with Crippen LogP contribution in [0.5, 0.6) is 0 Å². The molecule has 1 aromatic heterocycles. The number of rotatable bonds is 2. The fourth-order valence-electron chi connectivity index (χ4n) is 4.05. The van der Waals surface area contributed by atoms with Crippen molar-refractivity contribution in [3.8, 4) is 0 Å². The number of halogens is 1. The Morgan fingerprint density at radius 3 is 2.71 bits per heavy atom. The molecule has 1 aliphatic carbocycles. The van der Waals surface area contributed by atoms with Crippen molar-refractivity contribution in [1.82, 2.24) is 14.8 Å². The highest BCUT2D eigenvalue weighted by atomic mass is 35.5. The zero-order chi connectivity index (χ0) is 16.7. The molecule has 1 aliphatic heterocycles. The van der Waals surface area contributed by atoms with Gasteiger partial charge in [0.25, 0.3) is 5.91 Å². The van der Waals surface area contributed by atoms with Crippen molar-refractivity contribution in [3.05, 3.63) is 35.0 Å². The summed E-state index contributed by atoms with van der Waals surface area (Å²) in [6, 6.07) is 5.82. The number of nitrogens with one attached hydrogen (secondary N) is 1. The molecule has 1 saturated heterocycles. The zero-order valence-electron chi connectivity index (χ0n) is 13.5. The maximum absolute atomic E-state index is 12.9. The fourth-order valence-corrected chi connectivity index (χ4v) is 4.22. The third-order valence-corrected chi connectivity index (χ3v) is 5.62. The van der Waals surface area contributed by atoms with Crippen LogP contribution in [0.1, 0.15) is 29.6 Å². The van der Waals surface area contributed by atoms with Gasteiger partial charge in [-0.1, -0.05) is 17.7 Å². The first kappa shape index (κ1) is 15.9. The Labute approximate surface area is 146 Å². The molecule has 2 N–H and O–H groups in total. The lowest BCUT2D eigenvalue weighted by Gasteiger charge is -2.39. The highest BCUT2D eigenvalue weighted by molar-refractivity contribution is 6.31. The molecular formula is C18H22ClN3O2. The number of carbonyl (C=O) groups is 1. The van der Waals surface area contributed by atoms with Crippen LogP contribution in [0.4, 0.5) is 0 Å². The summed E-state index contributed by atoms with van der Waals surface area (Å²) in [5.41, 5.74) is 1.59. The van der Waals surface area contributed by atoms with Crippen LogP contribution >= 0.6 is 11.6 Å². The Morgan fingerprint density at radius 2 is 2.00 bits per heavy atom. The number of amides is 1. The first-order valence-electron chi connectivity index (χ1n) is 8.61. The van der Waals surface area contributed by atoms with E-state index in [1.165, 1.54) is 0 Å². The smallest absolute Gasteiger partial charge is 0.256 e. The normalized spacial score (nSPS) is 25.5. The minimum atomic E-state index is -0.203.